The zero-order valence-electron chi connectivity index (χ0n) is 11.9. The first kappa shape index (κ1) is 19.6. The van der Waals surface area contributed by atoms with Crippen molar-refractivity contribution in [3.63, 3.8) is 0 Å². The van der Waals surface area contributed by atoms with Crippen LogP contribution < -0.4 is 5.73 Å². The van der Waals surface area contributed by atoms with Gasteiger partial charge in [-0.05, 0) is 42.5 Å². The molecule has 0 radical (unpaired) electrons. The van der Waals surface area contributed by atoms with Crippen LogP contribution in [0, 0.1) is 5.92 Å². The first-order valence-corrected chi connectivity index (χ1v) is 7.49. The Hall–Kier alpha value is -0.490. The molecule has 1 saturated carbocycles. The number of aliphatic hydroxyl groups excluding tert-OH is 1. The number of halogens is 5. The monoisotopic (exact) mass is 357 g/mol. The predicted octanol–water partition coefficient (Wildman–Crippen LogP) is 4.72. The second-order valence-electron chi connectivity index (χ2n) is 5.65. The molecule has 3 N–H and O–H groups in total. The van der Waals surface area contributed by atoms with E-state index < -0.39 is 23.9 Å². The Balaban J connectivity index is 0.00000242. The van der Waals surface area contributed by atoms with Gasteiger partial charge in [0.2, 0.25) is 0 Å². The quantitative estimate of drug-likeness (QED) is 0.821. The second kappa shape index (κ2) is 7.86. The van der Waals surface area contributed by atoms with Crippen LogP contribution in [0.1, 0.15) is 49.3 Å². The molecule has 1 aliphatic carbocycles. The highest BCUT2D eigenvalue weighted by atomic mass is 35.5. The Morgan fingerprint density at radius 2 is 1.77 bits per heavy atom. The lowest BCUT2D eigenvalue weighted by Gasteiger charge is -2.31. The van der Waals surface area contributed by atoms with E-state index in [0.29, 0.717) is 0 Å². The molecule has 0 aliphatic heterocycles. The van der Waals surface area contributed by atoms with Gasteiger partial charge in [0.25, 0.3) is 0 Å². The van der Waals surface area contributed by atoms with E-state index in [0.717, 1.165) is 44.2 Å². The van der Waals surface area contributed by atoms with Crippen LogP contribution in [0.4, 0.5) is 13.2 Å². The van der Waals surface area contributed by atoms with Gasteiger partial charge in [-0.3, -0.25) is 0 Å². The number of hydrogen-bond acceptors (Lipinski definition) is 2. The molecular weight excluding hydrogens is 338 g/mol. The van der Waals surface area contributed by atoms with Crippen LogP contribution in [0.2, 0.25) is 5.02 Å². The van der Waals surface area contributed by atoms with Crippen molar-refractivity contribution in [3.05, 3.63) is 34.3 Å². The van der Waals surface area contributed by atoms with Gasteiger partial charge in [-0.15, -0.1) is 12.4 Å². The van der Waals surface area contributed by atoms with Crippen LogP contribution in [0.15, 0.2) is 18.2 Å². The van der Waals surface area contributed by atoms with E-state index in [-0.39, 0.29) is 28.9 Å². The van der Waals surface area contributed by atoms with Crippen molar-refractivity contribution in [1.82, 2.24) is 0 Å². The largest absolute Gasteiger partial charge is 0.416 e. The summed E-state index contributed by atoms with van der Waals surface area (Å²) in [4.78, 5) is 0. The zero-order chi connectivity index (χ0) is 15.6. The van der Waals surface area contributed by atoms with Crippen LogP contribution in [0.5, 0.6) is 0 Å². The van der Waals surface area contributed by atoms with E-state index in [1.165, 1.54) is 6.07 Å². The summed E-state index contributed by atoms with van der Waals surface area (Å²) in [5.74, 6) is 0.0272. The minimum Gasteiger partial charge on any atom is -0.391 e. The molecule has 126 valence electrons. The lowest BCUT2D eigenvalue weighted by molar-refractivity contribution is -0.137. The van der Waals surface area contributed by atoms with E-state index in [2.05, 4.69) is 0 Å². The van der Waals surface area contributed by atoms with E-state index in [1.807, 2.05) is 0 Å². The summed E-state index contributed by atoms with van der Waals surface area (Å²) in [6, 6.07) is 2.15. The van der Waals surface area contributed by atoms with Gasteiger partial charge in [0.15, 0.2) is 0 Å². The summed E-state index contributed by atoms with van der Waals surface area (Å²) in [6.07, 6.45) is -0.448. The molecule has 0 spiro atoms. The third-order valence-electron chi connectivity index (χ3n) is 4.18. The predicted molar refractivity (Wildman–Crippen MR) is 83.2 cm³/mol. The first-order chi connectivity index (χ1) is 9.80. The first-order valence-electron chi connectivity index (χ1n) is 7.11. The second-order valence-corrected chi connectivity index (χ2v) is 6.06. The van der Waals surface area contributed by atoms with Crippen molar-refractivity contribution < 1.29 is 18.3 Å². The molecule has 0 heterocycles. The molecule has 0 amide bonds. The molecule has 1 aromatic rings. The summed E-state index contributed by atoms with van der Waals surface area (Å²) in [5.41, 5.74) is 5.34. The van der Waals surface area contributed by atoms with E-state index >= 15 is 0 Å². The minimum atomic E-state index is -4.45. The highest BCUT2D eigenvalue weighted by molar-refractivity contribution is 6.31. The van der Waals surface area contributed by atoms with Crippen LogP contribution in [-0.2, 0) is 6.18 Å². The van der Waals surface area contributed by atoms with Crippen molar-refractivity contribution in [2.75, 3.05) is 0 Å². The summed E-state index contributed by atoms with van der Waals surface area (Å²) in [7, 11) is 0. The number of aliphatic hydroxyl groups is 1. The Kier molecular flexibility index (Phi) is 6.99. The van der Waals surface area contributed by atoms with Gasteiger partial charge in [0.1, 0.15) is 0 Å². The number of rotatable bonds is 3. The average molecular weight is 358 g/mol. The molecule has 2 atom stereocenters. The van der Waals surface area contributed by atoms with Crippen molar-refractivity contribution >= 4 is 24.0 Å². The fraction of sp³-hybridized carbons (Fsp3) is 0.600. The van der Waals surface area contributed by atoms with Gasteiger partial charge in [0.05, 0.1) is 17.7 Å². The van der Waals surface area contributed by atoms with Crippen molar-refractivity contribution in [1.29, 1.82) is 0 Å². The van der Waals surface area contributed by atoms with Crippen molar-refractivity contribution in [2.24, 2.45) is 11.7 Å². The molecule has 2 nitrogen and oxygen atoms in total. The highest BCUT2D eigenvalue weighted by Gasteiger charge is 2.33. The lowest BCUT2D eigenvalue weighted by atomic mass is 9.81. The Labute approximate surface area is 139 Å². The maximum Gasteiger partial charge on any atom is 0.416 e. The molecule has 2 rings (SSSR count). The maximum atomic E-state index is 12.8. The zero-order valence-corrected chi connectivity index (χ0v) is 13.5. The lowest BCUT2D eigenvalue weighted by Crippen LogP contribution is -2.34. The van der Waals surface area contributed by atoms with E-state index in [1.54, 1.807) is 0 Å². The SMILES string of the molecule is Cl.N[C@@H](c1cc(C(F)(F)F)ccc1Cl)[C@H](O)C1CCCCC1. The summed E-state index contributed by atoms with van der Waals surface area (Å²) in [6.45, 7) is 0. The van der Waals surface area contributed by atoms with Gasteiger partial charge in [-0.25, -0.2) is 0 Å². The summed E-state index contributed by atoms with van der Waals surface area (Å²) in [5, 5.41) is 10.5. The summed E-state index contributed by atoms with van der Waals surface area (Å²) < 4.78 is 38.3. The number of hydrogen-bond donors (Lipinski definition) is 2. The fourth-order valence-electron chi connectivity index (χ4n) is 2.93. The molecule has 1 fully saturated rings. The molecule has 0 aromatic heterocycles. The van der Waals surface area contributed by atoms with Gasteiger partial charge >= 0.3 is 6.18 Å². The van der Waals surface area contributed by atoms with Crippen LogP contribution in [0.3, 0.4) is 0 Å². The standard InChI is InChI=1S/C15H19ClF3NO.ClH/c16-12-7-6-10(15(17,18)19)8-11(12)13(20)14(21)9-4-2-1-3-5-9;/h6-9,13-14,21H,1-5,20H2;1H/t13-,14+;/m0./s1. The molecule has 0 unspecified atom stereocenters. The van der Waals surface area contributed by atoms with Crippen LogP contribution in [-0.4, -0.2) is 11.2 Å². The molecule has 1 aromatic carbocycles. The third-order valence-corrected chi connectivity index (χ3v) is 4.53. The molecule has 0 bridgehead atoms. The Bertz CT molecular complexity index is 490. The van der Waals surface area contributed by atoms with E-state index in [4.69, 9.17) is 17.3 Å². The molecule has 22 heavy (non-hydrogen) atoms. The Morgan fingerprint density at radius 3 is 2.32 bits per heavy atom. The third kappa shape index (κ3) is 4.51. The van der Waals surface area contributed by atoms with Gasteiger partial charge < -0.3 is 10.8 Å². The minimum absolute atomic E-state index is 0. The number of alkyl halides is 3. The number of nitrogens with two attached hydrogens (primary N) is 1. The smallest absolute Gasteiger partial charge is 0.391 e. The van der Waals surface area contributed by atoms with Gasteiger partial charge in [-0.2, -0.15) is 13.2 Å². The summed E-state index contributed by atoms with van der Waals surface area (Å²) >= 11 is 5.97. The fourth-order valence-corrected chi connectivity index (χ4v) is 3.17. The average Bonchev–Trinajstić information content (AvgIpc) is 2.46. The van der Waals surface area contributed by atoms with Crippen LogP contribution >= 0.6 is 24.0 Å². The molecular formula is C15H20Cl2F3NO. The van der Waals surface area contributed by atoms with Crippen molar-refractivity contribution in [3.8, 4) is 0 Å². The van der Waals surface area contributed by atoms with Crippen LogP contribution in [0.25, 0.3) is 0 Å². The molecule has 7 heteroatoms. The highest BCUT2D eigenvalue weighted by Crippen LogP contribution is 2.37. The van der Waals surface area contributed by atoms with E-state index in [9.17, 15) is 18.3 Å². The number of benzene rings is 1. The van der Waals surface area contributed by atoms with Gasteiger partial charge in [-0.1, -0.05) is 30.9 Å². The van der Waals surface area contributed by atoms with Gasteiger partial charge in [0, 0.05) is 5.02 Å². The maximum absolute atomic E-state index is 12.8. The normalized spacial score (nSPS) is 19.4. The Morgan fingerprint density at radius 1 is 1.18 bits per heavy atom. The molecule has 1 aliphatic rings. The topological polar surface area (TPSA) is 46.2 Å². The molecule has 0 saturated heterocycles. The van der Waals surface area contributed by atoms with Crippen molar-refractivity contribution in [2.45, 2.75) is 50.4 Å².